The molecule has 4 amide bonds. The van der Waals surface area contributed by atoms with Crippen LogP contribution in [0.15, 0.2) is 24.3 Å². The Kier molecular flexibility index (Phi) is 4.74. The van der Waals surface area contributed by atoms with Gasteiger partial charge in [-0.2, -0.15) is 0 Å². The third-order valence-corrected chi connectivity index (χ3v) is 6.11. The van der Waals surface area contributed by atoms with E-state index in [1.807, 2.05) is 0 Å². The van der Waals surface area contributed by atoms with E-state index < -0.39 is 17.5 Å². The number of amides is 4. The van der Waals surface area contributed by atoms with Gasteiger partial charge in [-0.25, -0.2) is 4.79 Å². The fourth-order valence-corrected chi connectivity index (χ4v) is 4.37. The molecule has 0 radical (unpaired) electrons. The van der Waals surface area contributed by atoms with Crippen molar-refractivity contribution in [2.24, 2.45) is 0 Å². The van der Waals surface area contributed by atoms with Crippen LogP contribution in [0.5, 0.6) is 5.75 Å². The SMILES string of the molecule is COc1ccc(C2(C)NC(=O)N(CC(=O)N3CCC4CCC(C3)N4)C2=O)cc1. The molecule has 8 nitrogen and oxygen atoms in total. The van der Waals surface area contributed by atoms with Crippen molar-refractivity contribution >= 4 is 17.8 Å². The average molecular weight is 386 g/mol. The van der Waals surface area contributed by atoms with Crippen LogP contribution in [0, 0.1) is 0 Å². The van der Waals surface area contributed by atoms with Gasteiger partial charge < -0.3 is 20.3 Å². The Bertz CT molecular complexity index is 796. The van der Waals surface area contributed by atoms with Crippen LogP contribution >= 0.6 is 0 Å². The molecule has 3 fully saturated rings. The summed E-state index contributed by atoms with van der Waals surface area (Å²) in [4.78, 5) is 41.2. The van der Waals surface area contributed by atoms with Crippen molar-refractivity contribution < 1.29 is 19.1 Å². The van der Waals surface area contributed by atoms with Crippen molar-refractivity contribution in [2.75, 3.05) is 26.7 Å². The summed E-state index contributed by atoms with van der Waals surface area (Å²) in [6, 6.07) is 7.23. The van der Waals surface area contributed by atoms with Crippen molar-refractivity contribution in [1.29, 1.82) is 0 Å². The molecule has 0 aliphatic carbocycles. The minimum atomic E-state index is -1.19. The highest BCUT2D eigenvalue weighted by Gasteiger charge is 2.49. The molecular weight excluding hydrogens is 360 g/mol. The van der Waals surface area contributed by atoms with Crippen molar-refractivity contribution in [2.45, 2.75) is 43.8 Å². The molecule has 3 saturated heterocycles. The van der Waals surface area contributed by atoms with E-state index in [0.717, 1.165) is 24.2 Å². The molecule has 1 aromatic carbocycles. The zero-order valence-corrected chi connectivity index (χ0v) is 16.2. The Morgan fingerprint density at radius 3 is 2.61 bits per heavy atom. The van der Waals surface area contributed by atoms with Gasteiger partial charge in [0.1, 0.15) is 17.8 Å². The number of ether oxygens (including phenoxy) is 1. The van der Waals surface area contributed by atoms with Gasteiger partial charge in [-0.3, -0.25) is 14.5 Å². The number of imide groups is 1. The second kappa shape index (κ2) is 7.09. The Morgan fingerprint density at radius 1 is 1.18 bits per heavy atom. The van der Waals surface area contributed by atoms with Crippen LogP contribution in [-0.2, 0) is 15.1 Å². The van der Waals surface area contributed by atoms with Crippen molar-refractivity contribution in [1.82, 2.24) is 20.4 Å². The van der Waals surface area contributed by atoms with Gasteiger partial charge in [0.05, 0.1) is 7.11 Å². The minimum absolute atomic E-state index is 0.183. The van der Waals surface area contributed by atoms with E-state index in [4.69, 9.17) is 4.74 Å². The van der Waals surface area contributed by atoms with Gasteiger partial charge in [-0.15, -0.1) is 0 Å². The molecule has 2 N–H and O–H groups in total. The standard InChI is InChI=1S/C20H26N4O4/c1-20(13-3-7-16(28-2)8-4-13)18(26)24(19(27)22-20)12-17(25)23-10-9-14-5-6-15(11-23)21-14/h3-4,7-8,14-15,21H,5-6,9-12H2,1-2H3,(H,22,27). The number of fused-ring (bicyclic) bond motifs is 2. The lowest BCUT2D eigenvalue weighted by molar-refractivity contribution is -0.139. The summed E-state index contributed by atoms with van der Waals surface area (Å²) in [6.45, 7) is 2.73. The molecule has 3 aliphatic rings. The number of rotatable bonds is 4. The molecule has 2 bridgehead atoms. The first-order chi connectivity index (χ1) is 13.4. The maximum absolute atomic E-state index is 13.0. The van der Waals surface area contributed by atoms with E-state index in [2.05, 4.69) is 10.6 Å². The maximum Gasteiger partial charge on any atom is 0.325 e. The Morgan fingerprint density at radius 2 is 1.89 bits per heavy atom. The summed E-state index contributed by atoms with van der Waals surface area (Å²) >= 11 is 0. The highest BCUT2D eigenvalue weighted by Crippen LogP contribution is 2.30. The molecule has 1 aromatic rings. The number of methoxy groups -OCH3 is 1. The Hall–Kier alpha value is -2.61. The van der Waals surface area contributed by atoms with E-state index in [1.54, 1.807) is 43.2 Å². The summed E-state index contributed by atoms with van der Waals surface area (Å²) < 4.78 is 5.15. The number of likely N-dealkylation sites (tertiary alicyclic amines) is 1. The Balaban J connectivity index is 1.47. The predicted molar refractivity (Wildman–Crippen MR) is 102 cm³/mol. The molecule has 3 atom stereocenters. The quantitative estimate of drug-likeness (QED) is 0.748. The van der Waals surface area contributed by atoms with Gasteiger partial charge in [-0.05, 0) is 43.9 Å². The molecular formula is C20H26N4O4. The van der Waals surface area contributed by atoms with Crippen molar-refractivity contribution in [3.8, 4) is 5.75 Å². The predicted octanol–water partition coefficient (Wildman–Crippen LogP) is 0.815. The largest absolute Gasteiger partial charge is 0.497 e. The minimum Gasteiger partial charge on any atom is -0.497 e. The number of nitrogens with one attached hydrogen (secondary N) is 2. The Labute approximate surface area is 164 Å². The highest BCUT2D eigenvalue weighted by molar-refractivity contribution is 6.09. The summed E-state index contributed by atoms with van der Waals surface area (Å²) in [5, 5.41) is 6.27. The van der Waals surface area contributed by atoms with Crippen LogP contribution in [0.4, 0.5) is 4.79 Å². The molecule has 8 heteroatoms. The second-order valence-electron chi connectivity index (χ2n) is 7.94. The van der Waals surface area contributed by atoms with Gasteiger partial charge >= 0.3 is 6.03 Å². The van der Waals surface area contributed by atoms with Crippen LogP contribution in [-0.4, -0.2) is 66.5 Å². The normalized spacial score (nSPS) is 29.6. The van der Waals surface area contributed by atoms with E-state index in [1.165, 1.54) is 0 Å². The average Bonchev–Trinajstić information content (AvgIpc) is 3.13. The summed E-state index contributed by atoms with van der Waals surface area (Å²) in [5.41, 5.74) is -0.541. The first kappa shape index (κ1) is 18.7. The lowest BCUT2D eigenvalue weighted by Crippen LogP contribution is -2.46. The van der Waals surface area contributed by atoms with Gasteiger partial charge in [0.15, 0.2) is 0 Å². The van der Waals surface area contributed by atoms with Gasteiger partial charge in [-0.1, -0.05) is 12.1 Å². The molecule has 150 valence electrons. The van der Waals surface area contributed by atoms with Crippen molar-refractivity contribution in [3.63, 3.8) is 0 Å². The summed E-state index contributed by atoms with van der Waals surface area (Å²) in [6.07, 6.45) is 3.12. The summed E-state index contributed by atoms with van der Waals surface area (Å²) in [7, 11) is 1.57. The molecule has 0 saturated carbocycles. The molecule has 0 aromatic heterocycles. The first-order valence-electron chi connectivity index (χ1n) is 9.73. The third-order valence-electron chi connectivity index (χ3n) is 6.11. The zero-order valence-electron chi connectivity index (χ0n) is 16.2. The van der Waals surface area contributed by atoms with E-state index in [0.29, 0.717) is 36.5 Å². The van der Waals surface area contributed by atoms with Gasteiger partial charge in [0.2, 0.25) is 5.91 Å². The maximum atomic E-state index is 13.0. The zero-order chi connectivity index (χ0) is 19.9. The van der Waals surface area contributed by atoms with E-state index >= 15 is 0 Å². The van der Waals surface area contributed by atoms with Crippen LogP contribution in [0.25, 0.3) is 0 Å². The number of urea groups is 1. The fraction of sp³-hybridized carbons (Fsp3) is 0.550. The molecule has 3 heterocycles. The highest BCUT2D eigenvalue weighted by atomic mass is 16.5. The molecule has 0 spiro atoms. The van der Waals surface area contributed by atoms with Gasteiger partial charge in [0, 0.05) is 25.2 Å². The smallest absolute Gasteiger partial charge is 0.325 e. The van der Waals surface area contributed by atoms with E-state index in [-0.39, 0.29) is 12.5 Å². The molecule has 4 rings (SSSR count). The van der Waals surface area contributed by atoms with Crippen molar-refractivity contribution in [3.05, 3.63) is 29.8 Å². The van der Waals surface area contributed by atoms with Crippen LogP contribution in [0.3, 0.4) is 0 Å². The number of carbonyl (C=O) groups is 3. The van der Waals surface area contributed by atoms with Gasteiger partial charge in [0.25, 0.3) is 5.91 Å². The van der Waals surface area contributed by atoms with Crippen LogP contribution in [0.1, 0.15) is 31.7 Å². The first-order valence-corrected chi connectivity index (χ1v) is 9.73. The number of hydrogen-bond acceptors (Lipinski definition) is 5. The molecule has 28 heavy (non-hydrogen) atoms. The lowest BCUT2D eigenvalue weighted by atomic mass is 9.92. The number of nitrogens with zero attached hydrogens (tertiary/aromatic N) is 2. The third kappa shape index (κ3) is 3.22. The fourth-order valence-electron chi connectivity index (χ4n) is 4.37. The van der Waals surface area contributed by atoms with E-state index in [9.17, 15) is 14.4 Å². The monoisotopic (exact) mass is 386 g/mol. The lowest BCUT2D eigenvalue weighted by Gasteiger charge is -2.26. The second-order valence-corrected chi connectivity index (χ2v) is 7.94. The molecule has 3 unspecified atom stereocenters. The number of hydrogen-bond donors (Lipinski definition) is 2. The number of carbonyl (C=O) groups excluding carboxylic acids is 3. The topological polar surface area (TPSA) is 91.0 Å². The van der Waals surface area contributed by atoms with Crippen LogP contribution in [0.2, 0.25) is 0 Å². The number of benzene rings is 1. The summed E-state index contributed by atoms with van der Waals surface area (Å²) in [5.74, 6) is 0.0718. The van der Waals surface area contributed by atoms with Crippen LogP contribution < -0.4 is 15.4 Å². The molecule has 3 aliphatic heterocycles.